The second kappa shape index (κ2) is 22.1. The lowest BCUT2D eigenvalue weighted by Crippen LogP contribution is -2.40. The van der Waals surface area contributed by atoms with Crippen LogP contribution in [0.1, 0.15) is 39.5 Å². The molecule has 1 aromatic carbocycles. The minimum absolute atomic E-state index is 0.0682. The fourth-order valence-corrected chi connectivity index (χ4v) is 5.48. The van der Waals surface area contributed by atoms with Gasteiger partial charge in [-0.15, -0.1) is 0 Å². The van der Waals surface area contributed by atoms with Gasteiger partial charge in [-0.2, -0.15) is 15.1 Å². The molecule has 0 bridgehead atoms. The fraction of sp³-hybridized carbons (Fsp3) is 0.556. The van der Waals surface area contributed by atoms with Crippen molar-refractivity contribution in [3.05, 3.63) is 53.5 Å². The molecule has 1 aliphatic rings. The summed E-state index contributed by atoms with van der Waals surface area (Å²) in [5.41, 5.74) is 2.31. The summed E-state index contributed by atoms with van der Waals surface area (Å²) in [5, 5.41) is 8.17. The van der Waals surface area contributed by atoms with E-state index in [-0.39, 0.29) is 17.5 Å². The highest BCUT2D eigenvalue weighted by molar-refractivity contribution is 6.28. The summed E-state index contributed by atoms with van der Waals surface area (Å²) in [6.07, 6.45) is -2.13. The van der Waals surface area contributed by atoms with Gasteiger partial charge in [0.25, 0.3) is 0 Å². The van der Waals surface area contributed by atoms with Gasteiger partial charge in [-0.3, -0.25) is 14.4 Å². The first-order valence-corrected chi connectivity index (χ1v) is 17.8. The number of benzene rings is 1. The van der Waals surface area contributed by atoms with E-state index in [9.17, 15) is 14.4 Å². The van der Waals surface area contributed by atoms with Crippen LogP contribution in [-0.2, 0) is 58.7 Å². The average Bonchev–Trinajstić information content (AvgIpc) is 3.68. The molecule has 1 aliphatic heterocycles. The zero-order chi connectivity index (χ0) is 38.9. The van der Waals surface area contributed by atoms with Gasteiger partial charge in [0.1, 0.15) is 30.9 Å². The number of fused-ring (bicyclic) bond motifs is 1. The first-order valence-electron chi connectivity index (χ1n) is 17.5. The maximum absolute atomic E-state index is 12.1. The topological polar surface area (TPSA) is 190 Å². The molecule has 0 aliphatic carbocycles. The number of aromatic nitrogens is 4. The third kappa shape index (κ3) is 13.8. The smallest absolute Gasteiger partial charge is 0.303 e. The second-order valence-corrected chi connectivity index (χ2v) is 12.5. The zero-order valence-corrected chi connectivity index (χ0v) is 31.7. The highest BCUT2D eigenvalue weighted by Crippen LogP contribution is 2.36. The highest BCUT2D eigenvalue weighted by atomic mass is 35.5. The lowest BCUT2D eigenvalue weighted by molar-refractivity contribution is -0.166. The third-order valence-electron chi connectivity index (χ3n) is 7.60. The minimum atomic E-state index is -1.14. The molecule has 3 heterocycles. The summed E-state index contributed by atoms with van der Waals surface area (Å²) in [5.74, 6) is -0.709. The number of hydrogen-bond donors (Lipinski definition) is 1. The van der Waals surface area contributed by atoms with Crippen LogP contribution in [0.2, 0.25) is 5.28 Å². The molecule has 17 nitrogen and oxygen atoms in total. The number of carbonyl (C=O) groups excluding carboxylic acids is 3. The van der Waals surface area contributed by atoms with Gasteiger partial charge in [0, 0.05) is 27.3 Å². The Morgan fingerprint density at radius 2 is 1.44 bits per heavy atom. The Labute approximate surface area is 318 Å². The number of ether oxygens (including phenoxy) is 9. The van der Waals surface area contributed by atoms with Gasteiger partial charge in [-0.25, -0.2) is 4.68 Å². The van der Waals surface area contributed by atoms with Crippen molar-refractivity contribution in [1.29, 1.82) is 0 Å². The number of carbonyl (C=O) groups is 3. The number of halogens is 1. The van der Waals surface area contributed by atoms with E-state index >= 15 is 0 Å². The monoisotopic (exact) mass is 777 g/mol. The van der Waals surface area contributed by atoms with Gasteiger partial charge in [-0.1, -0.05) is 24.3 Å². The lowest BCUT2D eigenvalue weighted by atomic mass is 10.1. The zero-order valence-electron chi connectivity index (χ0n) is 31.0. The standard InChI is InChI=1S/C36H48ClN5O12/c1-23(2)21-49-17-16-47-13-12-46-14-15-48-18-19-50-28-8-6-27(7-9-28)10-11-38-33-29-20-39-42(34(29)41-36(37)40-33)35-32(53-26(5)45)31(52-25(4)44)30(54-35)22-51-24(3)43/h6-9,20,30-32,35H,1,10-19,21-22H2,2-5H3,(H,38,40,41)/t30-,31-,32-,35-/m1/s1. The van der Waals surface area contributed by atoms with E-state index in [1.165, 1.54) is 31.6 Å². The molecule has 0 saturated carbocycles. The van der Waals surface area contributed by atoms with Gasteiger partial charge in [0.05, 0.1) is 64.4 Å². The Morgan fingerprint density at radius 1 is 0.833 bits per heavy atom. The first kappa shape index (κ1) is 42.4. The largest absolute Gasteiger partial charge is 0.491 e. The summed E-state index contributed by atoms with van der Waals surface area (Å²) in [6.45, 7) is 13.9. The Morgan fingerprint density at radius 3 is 2.06 bits per heavy atom. The average molecular weight is 778 g/mol. The maximum atomic E-state index is 12.1. The van der Waals surface area contributed by atoms with Crippen molar-refractivity contribution in [3.63, 3.8) is 0 Å². The molecule has 4 rings (SSSR count). The van der Waals surface area contributed by atoms with Crippen molar-refractivity contribution in [1.82, 2.24) is 19.7 Å². The van der Waals surface area contributed by atoms with E-state index in [1.54, 1.807) is 0 Å². The summed E-state index contributed by atoms with van der Waals surface area (Å²) >= 11 is 6.33. The highest BCUT2D eigenvalue weighted by Gasteiger charge is 2.51. The van der Waals surface area contributed by atoms with Crippen molar-refractivity contribution in [2.24, 2.45) is 0 Å². The summed E-state index contributed by atoms with van der Waals surface area (Å²) < 4.78 is 51.2. The molecule has 0 radical (unpaired) electrons. The van der Waals surface area contributed by atoms with E-state index in [4.69, 9.17) is 54.2 Å². The summed E-state index contributed by atoms with van der Waals surface area (Å²) in [7, 11) is 0. The second-order valence-electron chi connectivity index (χ2n) is 12.2. The maximum Gasteiger partial charge on any atom is 0.303 e. The van der Waals surface area contributed by atoms with Crippen LogP contribution >= 0.6 is 11.6 Å². The number of nitrogens with zero attached hydrogens (tertiary/aromatic N) is 4. The predicted octanol–water partition coefficient (Wildman–Crippen LogP) is 3.48. The summed E-state index contributed by atoms with van der Waals surface area (Å²) in [6, 6.07) is 7.73. The van der Waals surface area contributed by atoms with Gasteiger partial charge in [0.2, 0.25) is 5.28 Å². The van der Waals surface area contributed by atoms with Crippen LogP contribution in [0.4, 0.5) is 5.82 Å². The quantitative estimate of drug-likeness (QED) is 0.0457. The number of hydrogen-bond acceptors (Lipinski definition) is 16. The van der Waals surface area contributed by atoms with Crippen molar-refractivity contribution in [2.45, 2.75) is 58.7 Å². The van der Waals surface area contributed by atoms with Crippen molar-refractivity contribution in [3.8, 4) is 5.75 Å². The van der Waals surface area contributed by atoms with Gasteiger partial charge >= 0.3 is 17.9 Å². The molecule has 54 heavy (non-hydrogen) atoms. The molecule has 3 aromatic rings. The molecule has 0 spiro atoms. The van der Waals surface area contributed by atoms with Crippen LogP contribution in [0.5, 0.6) is 5.75 Å². The van der Waals surface area contributed by atoms with Crippen LogP contribution in [0.15, 0.2) is 42.6 Å². The Kier molecular flexibility index (Phi) is 17.3. The van der Waals surface area contributed by atoms with Crippen LogP contribution in [-0.4, -0.2) is 129 Å². The van der Waals surface area contributed by atoms with Gasteiger partial charge in [-0.05, 0) is 42.6 Å². The molecule has 1 saturated heterocycles. The number of esters is 3. The normalized spacial score (nSPS) is 18.0. The molecule has 1 N–H and O–H groups in total. The van der Waals surface area contributed by atoms with E-state index in [1.807, 2.05) is 31.2 Å². The molecule has 0 amide bonds. The van der Waals surface area contributed by atoms with Crippen LogP contribution in [0.25, 0.3) is 11.0 Å². The Bertz CT molecular complexity index is 1670. The molecule has 1 fully saturated rings. The molecular weight excluding hydrogens is 730 g/mol. The third-order valence-corrected chi connectivity index (χ3v) is 7.77. The molecule has 0 unspecified atom stereocenters. The SMILES string of the molecule is C=C(C)COCCOCCOCCOCCOc1ccc(CCNc2nc(Cl)nc3c2cnn3[C@@H]2O[C@H](COC(C)=O)[C@@H](OC(C)=O)[C@H]2OC(C)=O)cc1. The number of anilines is 1. The number of nitrogens with one attached hydrogen (secondary N) is 1. The van der Waals surface area contributed by atoms with Crippen molar-refractivity contribution in [2.75, 3.05) is 77.9 Å². The van der Waals surface area contributed by atoms with Crippen LogP contribution in [0.3, 0.4) is 0 Å². The summed E-state index contributed by atoms with van der Waals surface area (Å²) in [4.78, 5) is 44.3. The Hall–Kier alpha value is -4.39. The van der Waals surface area contributed by atoms with Gasteiger partial charge in [0.15, 0.2) is 24.1 Å². The predicted molar refractivity (Wildman–Crippen MR) is 194 cm³/mol. The molecule has 4 atom stereocenters. The van der Waals surface area contributed by atoms with E-state index in [0.717, 1.165) is 16.9 Å². The van der Waals surface area contributed by atoms with E-state index in [0.29, 0.717) is 83.6 Å². The molecule has 296 valence electrons. The number of rotatable bonds is 24. The van der Waals surface area contributed by atoms with Crippen LogP contribution < -0.4 is 10.1 Å². The van der Waals surface area contributed by atoms with E-state index < -0.39 is 42.4 Å². The minimum Gasteiger partial charge on any atom is -0.491 e. The Balaban J connectivity index is 1.23. The van der Waals surface area contributed by atoms with Gasteiger partial charge < -0.3 is 47.9 Å². The molecular formula is C36H48ClN5O12. The van der Waals surface area contributed by atoms with E-state index in [2.05, 4.69) is 27.0 Å². The lowest BCUT2D eigenvalue weighted by Gasteiger charge is -2.23. The molecule has 18 heteroatoms. The van der Waals surface area contributed by atoms with Crippen molar-refractivity contribution < 1.29 is 57.0 Å². The first-order chi connectivity index (χ1) is 26.0. The van der Waals surface area contributed by atoms with Crippen LogP contribution in [0, 0.1) is 0 Å². The fourth-order valence-electron chi connectivity index (χ4n) is 5.31. The molecule has 2 aromatic heterocycles. The van der Waals surface area contributed by atoms with Crippen molar-refractivity contribution >= 4 is 46.4 Å².